The van der Waals surface area contributed by atoms with E-state index >= 15 is 0 Å². The molecule has 110 valence electrons. The quantitative estimate of drug-likeness (QED) is 0.661. The second-order valence-corrected chi connectivity index (χ2v) is 5.73. The van der Waals surface area contributed by atoms with E-state index in [1.807, 2.05) is 56.3 Å². The fourth-order valence-electron chi connectivity index (χ4n) is 2.41. The summed E-state index contributed by atoms with van der Waals surface area (Å²) in [5, 5.41) is 5.27. The van der Waals surface area contributed by atoms with E-state index in [9.17, 15) is 4.79 Å². The molecule has 0 fully saturated rings. The molecule has 0 saturated heterocycles. The van der Waals surface area contributed by atoms with Crippen molar-refractivity contribution in [2.24, 2.45) is 0 Å². The Bertz CT molecular complexity index is 835. The van der Waals surface area contributed by atoms with Gasteiger partial charge >= 0.3 is 0 Å². The van der Waals surface area contributed by atoms with Gasteiger partial charge in [-0.15, -0.1) is 0 Å². The second-order valence-electron chi connectivity index (χ2n) is 5.29. The highest BCUT2D eigenvalue weighted by atomic mass is 35.5. The second kappa shape index (κ2) is 5.78. The van der Waals surface area contributed by atoms with Crippen LogP contribution in [-0.4, -0.2) is 16.1 Å². The van der Waals surface area contributed by atoms with E-state index in [0.29, 0.717) is 16.3 Å². The summed E-state index contributed by atoms with van der Waals surface area (Å²) in [7, 11) is 0. The summed E-state index contributed by atoms with van der Waals surface area (Å²) in [6.07, 6.45) is 2.59. The van der Waals surface area contributed by atoms with Gasteiger partial charge < -0.3 is 0 Å². The van der Waals surface area contributed by atoms with Crippen LogP contribution in [0.1, 0.15) is 21.5 Å². The van der Waals surface area contributed by atoms with Crippen molar-refractivity contribution in [1.29, 1.82) is 0 Å². The van der Waals surface area contributed by atoms with Gasteiger partial charge in [0, 0.05) is 16.8 Å². The largest absolute Gasteiger partial charge is 0.298 e. The molecular formula is C18H15ClN2O. The number of carbonyl (C=O) groups is 1. The number of nitrogens with zero attached hydrogens (tertiary/aromatic N) is 2. The van der Waals surface area contributed by atoms with Gasteiger partial charge in [-0.1, -0.05) is 41.4 Å². The van der Waals surface area contributed by atoms with Gasteiger partial charge in [0.05, 0.1) is 11.3 Å². The summed E-state index contributed by atoms with van der Waals surface area (Å²) in [6, 6.07) is 13.6. The number of aldehydes is 1. The number of benzene rings is 2. The van der Waals surface area contributed by atoms with Crippen LogP contribution in [0.2, 0.25) is 5.02 Å². The molecule has 0 aliphatic rings. The standard InChI is InChI=1S/C18H15ClN2O/c1-12-3-5-14(6-4-12)18-15(11-22)10-21(20-18)17-8-7-16(19)9-13(17)2/h3-11H,1-2H3. The molecule has 0 aliphatic heterocycles. The summed E-state index contributed by atoms with van der Waals surface area (Å²) >= 11 is 5.99. The number of halogens is 1. The van der Waals surface area contributed by atoms with Crippen molar-refractivity contribution in [1.82, 2.24) is 9.78 Å². The topological polar surface area (TPSA) is 34.9 Å². The SMILES string of the molecule is Cc1ccc(-c2nn(-c3ccc(Cl)cc3C)cc2C=O)cc1. The fraction of sp³-hybridized carbons (Fsp3) is 0.111. The van der Waals surface area contributed by atoms with Gasteiger partial charge in [0.2, 0.25) is 0 Å². The first kappa shape index (κ1) is 14.5. The maximum absolute atomic E-state index is 11.4. The average molecular weight is 311 g/mol. The van der Waals surface area contributed by atoms with Crippen LogP contribution in [-0.2, 0) is 0 Å². The van der Waals surface area contributed by atoms with Crippen LogP contribution in [0.3, 0.4) is 0 Å². The van der Waals surface area contributed by atoms with Crippen LogP contribution >= 0.6 is 11.6 Å². The molecule has 0 saturated carbocycles. The third-order valence-electron chi connectivity index (χ3n) is 3.60. The number of aryl methyl sites for hydroxylation is 2. The molecule has 0 unspecified atom stereocenters. The zero-order valence-corrected chi connectivity index (χ0v) is 13.1. The number of rotatable bonds is 3. The van der Waals surface area contributed by atoms with Crippen molar-refractivity contribution in [2.45, 2.75) is 13.8 Å². The van der Waals surface area contributed by atoms with Crippen LogP contribution < -0.4 is 0 Å². The van der Waals surface area contributed by atoms with Gasteiger partial charge in [-0.3, -0.25) is 4.79 Å². The lowest BCUT2D eigenvalue weighted by atomic mass is 10.1. The predicted molar refractivity (Wildman–Crippen MR) is 88.9 cm³/mol. The van der Waals surface area contributed by atoms with Crippen LogP contribution in [0.15, 0.2) is 48.7 Å². The monoisotopic (exact) mass is 310 g/mol. The molecule has 0 radical (unpaired) electrons. The first-order chi connectivity index (χ1) is 10.6. The molecule has 3 aromatic rings. The van der Waals surface area contributed by atoms with Gasteiger partial charge in [0.25, 0.3) is 0 Å². The molecule has 0 amide bonds. The fourth-order valence-corrected chi connectivity index (χ4v) is 2.64. The summed E-state index contributed by atoms with van der Waals surface area (Å²) in [4.78, 5) is 11.4. The Kier molecular flexibility index (Phi) is 3.82. The number of hydrogen-bond donors (Lipinski definition) is 0. The third kappa shape index (κ3) is 2.68. The minimum absolute atomic E-state index is 0.568. The number of carbonyl (C=O) groups excluding carboxylic acids is 1. The summed E-state index contributed by atoms with van der Waals surface area (Å²) in [6.45, 7) is 4.00. The first-order valence-corrected chi connectivity index (χ1v) is 7.34. The van der Waals surface area contributed by atoms with E-state index in [2.05, 4.69) is 5.10 Å². The van der Waals surface area contributed by atoms with Crippen molar-refractivity contribution in [3.05, 3.63) is 70.4 Å². The highest BCUT2D eigenvalue weighted by Crippen LogP contribution is 2.25. The van der Waals surface area contributed by atoms with Gasteiger partial charge in [0.15, 0.2) is 6.29 Å². The Hall–Kier alpha value is -2.39. The number of aromatic nitrogens is 2. The molecule has 0 atom stereocenters. The zero-order chi connectivity index (χ0) is 15.7. The number of hydrogen-bond acceptors (Lipinski definition) is 2. The summed E-state index contributed by atoms with van der Waals surface area (Å²) < 4.78 is 1.73. The molecule has 0 aliphatic carbocycles. The van der Waals surface area contributed by atoms with Gasteiger partial charge in [-0.05, 0) is 37.6 Å². The maximum atomic E-state index is 11.4. The van der Waals surface area contributed by atoms with Gasteiger partial charge in [0.1, 0.15) is 5.69 Å². The lowest BCUT2D eigenvalue weighted by Gasteiger charge is -2.06. The van der Waals surface area contributed by atoms with E-state index in [1.165, 1.54) is 5.56 Å². The Morgan fingerprint density at radius 2 is 1.82 bits per heavy atom. The normalized spacial score (nSPS) is 10.7. The Morgan fingerprint density at radius 3 is 2.45 bits per heavy atom. The highest BCUT2D eigenvalue weighted by molar-refractivity contribution is 6.30. The van der Waals surface area contributed by atoms with Crippen LogP contribution in [0, 0.1) is 13.8 Å². The van der Waals surface area contributed by atoms with E-state index in [-0.39, 0.29) is 0 Å². The molecule has 22 heavy (non-hydrogen) atoms. The molecule has 4 heteroatoms. The van der Waals surface area contributed by atoms with E-state index in [0.717, 1.165) is 23.1 Å². The Morgan fingerprint density at radius 1 is 1.09 bits per heavy atom. The predicted octanol–water partition coefficient (Wildman–Crippen LogP) is 4.62. The molecule has 1 aromatic heterocycles. The molecule has 3 nitrogen and oxygen atoms in total. The third-order valence-corrected chi connectivity index (χ3v) is 3.84. The lowest BCUT2D eigenvalue weighted by Crippen LogP contribution is -1.97. The molecule has 2 aromatic carbocycles. The van der Waals surface area contributed by atoms with Crippen molar-refractivity contribution >= 4 is 17.9 Å². The minimum Gasteiger partial charge on any atom is -0.298 e. The van der Waals surface area contributed by atoms with Gasteiger partial charge in [-0.25, -0.2) is 4.68 Å². The van der Waals surface area contributed by atoms with E-state index < -0.39 is 0 Å². The Balaban J connectivity index is 2.12. The maximum Gasteiger partial charge on any atom is 0.153 e. The highest BCUT2D eigenvalue weighted by Gasteiger charge is 2.12. The molecule has 3 rings (SSSR count). The van der Waals surface area contributed by atoms with Crippen molar-refractivity contribution < 1.29 is 4.79 Å². The van der Waals surface area contributed by atoms with Crippen molar-refractivity contribution in [3.63, 3.8) is 0 Å². The molecule has 0 bridgehead atoms. The first-order valence-electron chi connectivity index (χ1n) is 6.97. The van der Waals surface area contributed by atoms with Gasteiger partial charge in [-0.2, -0.15) is 5.10 Å². The Labute approximate surface area is 134 Å². The van der Waals surface area contributed by atoms with Crippen LogP contribution in [0.25, 0.3) is 16.9 Å². The molecule has 0 N–H and O–H groups in total. The van der Waals surface area contributed by atoms with Crippen molar-refractivity contribution in [3.8, 4) is 16.9 Å². The molecule has 0 spiro atoms. The zero-order valence-electron chi connectivity index (χ0n) is 12.4. The molecular weight excluding hydrogens is 296 g/mol. The smallest absolute Gasteiger partial charge is 0.153 e. The average Bonchev–Trinajstić information content (AvgIpc) is 2.92. The van der Waals surface area contributed by atoms with E-state index in [1.54, 1.807) is 10.9 Å². The van der Waals surface area contributed by atoms with E-state index in [4.69, 9.17) is 11.6 Å². The van der Waals surface area contributed by atoms with Crippen LogP contribution in [0.5, 0.6) is 0 Å². The minimum atomic E-state index is 0.568. The van der Waals surface area contributed by atoms with Crippen molar-refractivity contribution in [2.75, 3.05) is 0 Å². The summed E-state index contributed by atoms with van der Waals surface area (Å²) in [5.41, 5.74) is 5.26. The summed E-state index contributed by atoms with van der Waals surface area (Å²) in [5.74, 6) is 0. The lowest BCUT2D eigenvalue weighted by molar-refractivity contribution is 0.112. The molecule has 1 heterocycles. The van der Waals surface area contributed by atoms with Crippen LogP contribution in [0.4, 0.5) is 0 Å².